The number of aliphatic hydroxyl groups is 1. The Labute approximate surface area is 122 Å². The zero-order valence-electron chi connectivity index (χ0n) is 13.2. The van der Waals surface area contributed by atoms with Crippen LogP contribution in [0.1, 0.15) is 66.2 Å². The maximum absolute atomic E-state index is 11.3. The molecule has 0 amide bonds. The molecule has 3 aliphatic carbocycles. The van der Waals surface area contributed by atoms with E-state index < -0.39 is 0 Å². The van der Waals surface area contributed by atoms with Gasteiger partial charge in [0.2, 0.25) is 0 Å². The first kappa shape index (κ1) is 14.4. The Kier molecular flexibility index (Phi) is 3.03. The average molecular weight is 280 g/mol. The summed E-state index contributed by atoms with van der Waals surface area (Å²) >= 11 is 0. The van der Waals surface area contributed by atoms with Crippen molar-refractivity contribution in [2.75, 3.05) is 0 Å². The third-order valence-corrected chi connectivity index (χ3v) is 6.71. The van der Waals surface area contributed by atoms with Crippen molar-refractivity contribution in [1.29, 1.82) is 0 Å². The van der Waals surface area contributed by atoms with Crippen LogP contribution in [0.25, 0.3) is 0 Å². The molecule has 1 N–H and O–H groups in total. The van der Waals surface area contributed by atoms with Crippen LogP contribution >= 0.6 is 0 Å². The van der Waals surface area contributed by atoms with Crippen LogP contribution in [0.2, 0.25) is 0 Å². The van der Waals surface area contributed by atoms with Gasteiger partial charge in [0, 0.05) is 17.8 Å². The summed E-state index contributed by atoms with van der Waals surface area (Å²) in [6.45, 7) is 8.40. The first-order valence-electron chi connectivity index (χ1n) is 8.05. The molecule has 0 radical (unpaired) electrons. The fourth-order valence-corrected chi connectivity index (χ4v) is 5.94. The number of fused-ring (bicyclic) bond motifs is 1. The number of ether oxygens (including phenoxy) is 1. The van der Waals surface area contributed by atoms with Gasteiger partial charge in [0.05, 0.1) is 6.10 Å². The predicted molar refractivity (Wildman–Crippen MR) is 77.1 cm³/mol. The van der Waals surface area contributed by atoms with Crippen molar-refractivity contribution >= 4 is 5.97 Å². The van der Waals surface area contributed by atoms with Gasteiger partial charge in [-0.2, -0.15) is 0 Å². The van der Waals surface area contributed by atoms with Gasteiger partial charge >= 0.3 is 5.97 Å². The Bertz CT molecular complexity index is 430. The standard InChI is InChI=1S/C17H28O3/c1-11(18)20-14-6-8-17-10-16(14,4)7-5-12(17)15(2,3)9-13(17)19/h12-14,19H,5-10H2,1-4H3/t12-,13-,14+,16+,17-/m0/s1. The van der Waals surface area contributed by atoms with Gasteiger partial charge in [-0.25, -0.2) is 0 Å². The van der Waals surface area contributed by atoms with Gasteiger partial charge in [0.15, 0.2) is 0 Å². The second kappa shape index (κ2) is 4.22. The summed E-state index contributed by atoms with van der Waals surface area (Å²) in [4.78, 5) is 11.3. The van der Waals surface area contributed by atoms with Crippen LogP contribution in [0.4, 0.5) is 0 Å². The minimum atomic E-state index is -0.180. The van der Waals surface area contributed by atoms with E-state index in [1.165, 1.54) is 13.3 Å². The molecule has 3 heteroatoms. The molecule has 3 rings (SSSR count). The second-order valence-corrected chi connectivity index (χ2v) is 8.50. The Hall–Kier alpha value is -0.570. The van der Waals surface area contributed by atoms with Gasteiger partial charge in [0.1, 0.15) is 6.10 Å². The average Bonchev–Trinajstić information content (AvgIpc) is 2.49. The lowest BCUT2D eigenvalue weighted by atomic mass is 9.49. The molecule has 5 atom stereocenters. The highest BCUT2D eigenvalue weighted by Crippen LogP contribution is 2.68. The third-order valence-electron chi connectivity index (χ3n) is 6.71. The first-order chi connectivity index (χ1) is 9.20. The molecule has 1 spiro atoms. The summed E-state index contributed by atoms with van der Waals surface area (Å²) in [5.41, 5.74) is 0.379. The third kappa shape index (κ3) is 1.85. The number of hydrogen-bond donors (Lipinski definition) is 1. The van der Waals surface area contributed by atoms with Gasteiger partial charge in [-0.05, 0) is 49.9 Å². The lowest BCUT2D eigenvalue weighted by Gasteiger charge is -2.58. The summed E-state index contributed by atoms with van der Waals surface area (Å²) in [5, 5.41) is 10.7. The van der Waals surface area contributed by atoms with Crippen LogP contribution < -0.4 is 0 Å². The van der Waals surface area contributed by atoms with E-state index in [1.807, 2.05) is 0 Å². The lowest BCUT2D eigenvalue weighted by Crippen LogP contribution is -2.55. The van der Waals surface area contributed by atoms with E-state index in [0.29, 0.717) is 5.92 Å². The van der Waals surface area contributed by atoms with Crippen LogP contribution in [0.5, 0.6) is 0 Å². The molecule has 0 aromatic rings. The van der Waals surface area contributed by atoms with Crippen molar-refractivity contribution in [3.8, 4) is 0 Å². The molecule has 0 aliphatic heterocycles. The highest BCUT2D eigenvalue weighted by atomic mass is 16.5. The number of carbonyl (C=O) groups excluding carboxylic acids is 1. The predicted octanol–water partition coefficient (Wildman–Crippen LogP) is 3.30. The maximum Gasteiger partial charge on any atom is 0.302 e. The van der Waals surface area contributed by atoms with E-state index in [0.717, 1.165) is 32.1 Å². The Morgan fingerprint density at radius 2 is 1.90 bits per heavy atom. The zero-order chi connectivity index (χ0) is 14.8. The van der Waals surface area contributed by atoms with Gasteiger partial charge in [0.25, 0.3) is 0 Å². The minimum absolute atomic E-state index is 0.0440. The first-order valence-corrected chi connectivity index (χ1v) is 8.05. The van der Waals surface area contributed by atoms with Crippen LogP contribution in [0, 0.1) is 22.2 Å². The van der Waals surface area contributed by atoms with Crippen LogP contribution in [-0.2, 0) is 9.53 Å². The Morgan fingerprint density at radius 3 is 2.55 bits per heavy atom. The minimum Gasteiger partial charge on any atom is -0.462 e. The summed E-state index contributed by atoms with van der Waals surface area (Å²) in [6.07, 6.45) is 6.02. The molecule has 3 saturated carbocycles. The molecule has 0 unspecified atom stereocenters. The molecule has 3 fully saturated rings. The molecule has 0 aromatic heterocycles. The quantitative estimate of drug-likeness (QED) is 0.750. The van der Waals surface area contributed by atoms with Crippen LogP contribution in [0.3, 0.4) is 0 Å². The molecule has 20 heavy (non-hydrogen) atoms. The van der Waals surface area contributed by atoms with E-state index >= 15 is 0 Å². The van der Waals surface area contributed by atoms with Crippen molar-refractivity contribution in [2.24, 2.45) is 22.2 Å². The molecule has 0 saturated heterocycles. The zero-order valence-corrected chi connectivity index (χ0v) is 13.2. The van der Waals surface area contributed by atoms with Gasteiger partial charge in [-0.1, -0.05) is 20.8 Å². The van der Waals surface area contributed by atoms with Gasteiger partial charge < -0.3 is 9.84 Å². The normalized spacial score (nSPS) is 49.5. The monoisotopic (exact) mass is 280 g/mol. The van der Waals surface area contributed by atoms with E-state index in [9.17, 15) is 9.90 Å². The van der Waals surface area contributed by atoms with E-state index in [4.69, 9.17) is 4.74 Å². The summed E-state index contributed by atoms with van der Waals surface area (Å²) in [6, 6.07) is 0. The van der Waals surface area contributed by atoms with Crippen molar-refractivity contribution < 1.29 is 14.6 Å². The van der Waals surface area contributed by atoms with Gasteiger partial charge in [-0.15, -0.1) is 0 Å². The van der Waals surface area contributed by atoms with Crippen LogP contribution in [0.15, 0.2) is 0 Å². The molecule has 3 nitrogen and oxygen atoms in total. The summed E-state index contributed by atoms with van der Waals surface area (Å²) in [7, 11) is 0. The number of rotatable bonds is 1. The maximum atomic E-state index is 11.3. The molecule has 3 aliphatic rings. The molecule has 0 heterocycles. The largest absolute Gasteiger partial charge is 0.462 e. The SMILES string of the molecule is CC(=O)O[C@@H]1CC[C@]23C[C@@]1(C)CC[C@H]2C(C)(C)C[C@@H]3O. The molecule has 114 valence electrons. The van der Waals surface area contributed by atoms with Crippen molar-refractivity contribution in [2.45, 2.75) is 78.4 Å². The van der Waals surface area contributed by atoms with Crippen molar-refractivity contribution in [1.82, 2.24) is 0 Å². The molecular formula is C17H28O3. The highest BCUT2D eigenvalue weighted by molar-refractivity contribution is 5.66. The fourth-order valence-electron chi connectivity index (χ4n) is 5.94. The summed E-state index contributed by atoms with van der Waals surface area (Å²) < 4.78 is 5.59. The number of esters is 1. The highest BCUT2D eigenvalue weighted by Gasteiger charge is 2.65. The number of carbonyl (C=O) groups is 1. The lowest BCUT2D eigenvalue weighted by molar-refractivity contribution is -0.179. The summed E-state index contributed by atoms with van der Waals surface area (Å²) in [5.74, 6) is 0.456. The molecule has 0 aromatic carbocycles. The fraction of sp³-hybridized carbons (Fsp3) is 0.941. The van der Waals surface area contributed by atoms with Crippen molar-refractivity contribution in [3.63, 3.8) is 0 Å². The van der Waals surface area contributed by atoms with Gasteiger partial charge in [-0.3, -0.25) is 4.79 Å². The van der Waals surface area contributed by atoms with Crippen molar-refractivity contribution in [3.05, 3.63) is 0 Å². The number of hydrogen-bond acceptors (Lipinski definition) is 3. The number of aliphatic hydroxyl groups excluding tert-OH is 1. The Morgan fingerprint density at radius 1 is 1.20 bits per heavy atom. The molecule has 2 bridgehead atoms. The Balaban J connectivity index is 1.90. The molecular weight excluding hydrogens is 252 g/mol. The van der Waals surface area contributed by atoms with Crippen LogP contribution in [-0.4, -0.2) is 23.3 Å². The van der Waals surface area contributed by atoms with E-state index in [1.54, 1.807) is 0 Å². The van der Waals surface area contributed by atoms with E-state index in [2.05, 4.69) is 20.8 Å². The van der Waals surface area contributed by atoms with E-state index in [-0.39, 0.29) is 34.4 Å². The smallest absolute Gasteiger partial charge is 0.302 e. The second-order valence-electron chi connectivity index (χ2n) is 8.50. The topological polar surface area (TPSA) is 46.5 Å².